The lowest BCUT2D eigenvalue weighted by Gasteiger charge is -2.47. The minimum atomic E-state index is -0.105. The summed E-state index contributed by atoms with van der Waals surface area (Å²) in [7, 11) is 3.22. The van der Waals surface area contributed by atoms with Gasteiger partial charge in [-0.25, -0.2) is 0 Å². The largest absolute Gasteiger partial charge is 0.479 e. The minimum Gasteiger partial charge on any atom is -0.479 e. The molecule has 1 aromatic heterocycles. The second-order valence-electron chi connectivity index (χ2n) is 5.91. The molecule has 0 bridgehead atoms. The molecule has 0 aliphatic carbocycles. The molecule has 3 heterocycles. The van der Waals surface area contributed by atoms with E-state index >= 15 is 0 Å². The third-order valence-corrected chi connectivity index (χ3v) is 4.38. The van der Waals surface area contributed by atoms with Crippen molar-refractivity contribution in [2.75, 3.05) is 53.6 Å². The molecular formula is C14H21N3O4. The van der Waals surface area contributed by atoms with Crippen molar-refractivity contribution in [3.63, 3.8) is 0 Å². The fraction of sp³-hybridized carbons (Fsp3) is 0.714. The van der Waals surface area contributed by atoms with Gasteiger partial charge in [-0.15, -0.1) is 0 Å². The number of methoxy groups -OCH3 is 2. The van der Waals surface area contributed by atoms with Crippen molar-refractivity contribution in [3.8, 4) is 5.88 Å². The van der Waals surface area contributed by atoms with E-state index in [4.69, 9.17) is 14.0 Å². The Balaban J connectivity index is 1.52. The second-order valence-corrected chi connectivity index (χ2v) is 5.91. The van der Waals surface area contributed by atoms with Gasteiger partial charge in [0.25, 0.3) is 11.8 Å². The molecule has 0 unspecified atom stereocenters. The lowest BCUT2D eigenvalue weighted by atomic mass is 9.79. The summed E-state index contributed by atoms with van der Waals surface area (Å²) in [6.45, 7) is 5.43. The molecule has 2 aliphatic rings. The monoisotopic (exact) mass is 295 g/mol. The molecule has 7 heteroatoms. The molecule has 0 N–H and O–H groups in total. The fourth-order valence-electron chi connectivity index (χ4n) is 3.22. The van der Waals surface area contributed by atoms with Crippen LogP contribution in [0.3, 0.4) is 0 Å². The highest BCUT2D eigenvalue weighted by atomic mass is 16.5. The number of amides is 1. The maximum atomic E-state index is 12.3. The molecule has 21 heavy (non-hydrogen) atoms. The van der Waals surface area contributed by atoms with Crippen LogP contribution in [0.1, 0.15) is 17.0 Å². The van der Waals surface area contributed by atoms with E-state index in [2.05, 4.69) is 10.1 Å². The zero-order valence-electron chi connectivity index (χ0n) is 12.5. The first-order chi connectivity index (χ1) is 10.2. The smallest absolute Gasteiger partial charge is 0.292 e. The lowest BCUT2D eigenvalue weighted by molar-refractivity contribution is 0.00677. The van der Waals surface area contributed by atoms with Crippen molar-refractivity contribution in [1.82, 2.24) is 15.0 Å². The van der Waals surface area contributed by atoms with Crippen LogP contribution >= 0.6 is 0 Å². The molecule has 0 atom stereocenters. The Morgan fingerprint density at radius 2 is 2.24 bits per heavy atom. The molecule has 116 valence electrons. The molecule has 2 fully saturated rings. The molecule has 7 nitrogen and oxygen atoms in total. The number of ether oxygens (including phenoxy) is 2. The number of aromatic nitrogens is 1. The Kier molecular flexibility index (Phi) is 3.86. The first kappa shape index (κ1) is 14.3. The van der Waals surface area contributed by atoms with Gasteiger partial charge in [-0.1, -0.05) is 0 Å². The van der Waals surface area contributed by atoms with Gasteiger partial charge in [0.2, 0.25) is 5.76 Å². The molecule has 0 aromatic carbocycles. The van der Waals surface area contributed by atoms with Crippen LogP contribution in [-0.2, 0) is 4.74 Å². The van der Waals surface area contributed by atoms with E-state index in [9.17, 15) is 4.79 Å². The number of nitrogens with zero attached hydrogens (tertiary/aromatic N) is 3. The third kappa shape index (κ3) is 2.75. The maximum Gasteiger partial charge on any atom is 0.292 e. The van der Waals surface area contributed by atoms with Crippen LogP contribution in [-0.4, -0.2) is 74.4 Å². The summed E-state index contributed by atoms with van der Waals surface area (Å²) in [6.07, 6.45) is 1.14. The summed E-state index contributed by atoms with van der Waals surface area (Å²) in [5.74, 6) is 0.475. The average molecular weight is 295 g/mol. The standard InChI is InChI=1S/C14H21N3O4/c1-19-6-5-16-4-3-14(8-16)9-17(10-14)13(18)11-7-12(20-2)15-21-11/h7H,3-6,8-10H2,1-2H3. The maximum absolute atomic E-state index is 12.3. The SMILES string of the molecule is COCCN1CCC2(C1)CN(C(=O)c1cc(OC)no1)C2. The first-order valence-electron chi connectivity index (χ1n) is 7.17. The van der Waals surface area contributed by atoms with Crippen molar-refractivity contribution in [1.29, 1.82) is 0 Å². The van der Waals surface area contributed by atoms with E-state index < -0.39 is 0 Å². The number of hydrogen-bond acceptors (Lipinski definition) is 6. The summed E-state index contributed by atoms with van der Waals surface area (Å²) in [5.41, 5.74) is 0.257. The predicted octanol–water partition coefficient (Wildman–Crippen LogP) is 0.478. The molecule has 1 spiro atoms. The molecule has 0 saturated carbocycles. The van der Waals surface area contributed by atoms with Gasteiger partial charge in [0, 0.05) is 38.7 Å². The van der Waals surface area contributed by atoms with Gasteiger partial charge >= 0.3 is 0 Å². The number of hydrogen-bond donors (Lipinski definition) is 0. The van der Waals surface area contributed by atoms with Crippen LogP contribution < -0.4 is 4.74 Å². The van der Waals surface area contributed by atoms with Crippen LogP contribution in [0.5, 0.6) is 5.88 Å². The Bertz CT molecular complexity index is 510. The van der Waals surface area contributed by atoms with E-state index in [0.717, 1.165) is 45.8 Å². The highest BCUT2D eigenvalue weighted by molar-refractivity contribution is 5.92. The van der Waals surface area contributed by atoms with Crippen LogP contribution in [0.2, 0.25) is 0 Å². The van der Waals surface area contributed by atoms with Crippen LogP contribution in [0.15, 0.2) is 10.6 Å². The predicted molar refractivity (Wildman–Crippen MR) is 74.3 cm³/mol. The Labute approximate surface area is 123 Å². The molecule has 2 aliphatic heterocycles. The summed E-state index contributed by atoms with van der Waals surface area (Å²) >= 11 is 0. The quantitative estimate of drug-likeness (QED) is 0.787. The average Bonchev–Trinajstić information content (AvgIpc) is 3.09. The first-order valence-corrected chi connectivity index (χ1v) is 7.17. The molecular weight excluding hydrogens is 274 g/mol. The summed E-state index contributed by atoms with van der Waals surface area (Å²) in [4.78, 5) is 16.5. The van der Waals surface area contributed by atoms with Crippen molar-refractivity contribution >= 4 is 5.91 Å². The Hall–Kier alpha value is -1.60. The molecule has 1 aromatic rings. The number of carbonyl (C=O) groups excluding carboxylic acids is 1. The normalized spacial score (nSPS) is 20.8. The van der Waals surface area contributed by atoms with Gasteiger partial charge in [-0.3, -0.25) is 4.79 Å². The minimum absolute atomic E-state index is 0.105. The van der Waals surface area contributed by atoms with Gasteiger partial charge in [0.1, 0.15) is 0 Å². The highest BCUT2D eigenvalue weighted by Gasteiger charge is 2.49. The molecule has 2 saturated heterocycles. The van der Waals surface area contributed by atoms with Gasteiger partial charge < -0.3 is 23.8 Å². The van der Waals surface area contributed by atoms with Gasteiger partial charge in [-0.2, -0.15) is 0 Å². The van der Waals surface area contributed by atoms with Gasteiger partial charge in [0.05, 0.1) is 19.8 Å². The number of carbonyl (C=O) groups is 1. The van der Waals surface area contributed by atoms with Crippen molar-refractivity contribution < 1.29 is 18.8 Å². The summed E-state index contributed by atoms with van der Waals surface area (Å²) in [5, 5.41) is 3.66. The molecule has 0 radical (unpaired) electrons. The van der Waals surface area contributed by atoms with Crippen LogP contribution in [0, 0.1) is 5.41 Å². The van der Waals surface area contributed by atoms with Crippen molar-refractivity contribution in [2.24, 2.45) is 5.41 Å². The fourth-order valence-corrected chi connectivity index (χ4v) is 3.22. The van der Waals surface area contributed by atoms with Crippen LogP contribution in [0.25, 0.3) is 0 Å². The number of rotatable bonds is 5. The third-order valence-electron chi connectivity index (χ3n) is 4.38. The van der Waals surface area contributed by atoms with E-state index in [1.807, 2.05) is 4.90 Å². The van der Waals surface area contributed by atoms with Crippen molar-refractivity contribution in [2.45, 2.75) is 6.42 Å². The molecule has 1 amide bonds. The second kappa shape index (κ2) is 5.65. The van der Waals surface area contributed by atoms with E-state index in [0.29, 0.717) is 5.88 Å². The summed E-state index contributed by atoms with van der Waals surface area (Å²) < 4.78 is 15.0. The lowest BCUT2D eigenvalue weighted by Crippen LogP contribution is -2.59. The topological polar surface area (TPSA) is 68.0 Å². The Morgan fingerprint density at radius 1 is 1.43 bits per heavy atom. The summed E-state index contributed by atoms with van der Waals surface area (Å²) in [6, 6.07) is 1.53. The molecule has 3 rings (SSSR count). The van der Waals surface area contributed by atoms with Crippen LogP contribution in [0.4, 0.5) is 0 Å². The van der Waals surface area contributed by atoms with Gasteiger partial charge in [-0.05, 0) is 18.1 Å². The van der Waals surface area contributed by atoms with E-state index in [1.165, 1.54) is 13.2 Å². The zero-order chi connectivity index (χ0) is 14.9. The van der Waals surface area contributed by atoms with Gasteiger partial charge in [0.15, 0.2) is 0 Å². The highest BCUT2D eigenvalue weighted by Crippen LogP contribution is 2.40. The van der Waals surface area contributed by atoms with Crippen molar-refractivity contribution in [3.05, 3.63) is 11.8 Å². The van der Waals surface area contributed by atoms with E-state index in [-0.39, 0.29) is 17.1 Å². The Morgan fingerprint density at radius 3 is 2.90 bits per heavy atom. The number of likely N-dealkylation sites (tertiary alicyclic amines) is 2. The van der Waals surface area contributed by atoms with E-state index in [1.54, 1.807) is 7.11 Å². The zero-order valence-corrected chi connectivity index (χ0v) is 12.5.